The molecule has 24 heavy (non-hydrogen) atoms. The molecule has 0 aromatic carbocycles. The van der Waals surface area contributed by atoms with Crippen molar-refractivity contribution in [2.45, 2.75) is 31.7 Å². The minimum Gasteiger partial charge on any atom is -0.355 e. The summed E-state index contributed by atoms with van der Waals surface area (Å²) in [6.45, 7) is 7.15. The molecule has 1 amide bonds. The van der Waals surface area contributed by atoms with Crippen molar-refractivity contribution in [3.8, 4) is 0 Å². The van der Waals surface area contributed by atoms with Gasteiger partial charge in [0.2, 0.25) is 5.91 Å². The molecular weight excluding hydrogens is 364 g/mol. The Morgan fingerprint density at radius 1 is 1.46 bits per heavy atom. The summed E-state index contributed by atoms with van der Waals surface area (Å²) in [7, 11) is 0. The highest BCUT2D eigenvalue weighted by Crippen LogP contribution is 2.34. The van der Waals surface area contributed by atoms with Crippen LogP contribution in [0.15, 0.2) is 11.4 Å². The lowest BCUT2D eigenvalue weighted by Crippen LogP contribution is -2.27. The Labute approximate surface area is 156 Å². The van der Waals surface area contributed by atoms with Gasteiger partial charge in [0.1, 0.15) is 16.2 Å². The summed E-state index contributed by atoms with van der Waals surface area (Å²) in [5.74, 6) is 1.20. The first-order valence-electron chi connectivity index (χ1n) is 7.96. The third-order valence-electron chi connectivity index (χ3n) is 4.31. The lowest BCUT2D eigenvalue weighted by Gasteiger charge is -2.09. The molecule has 0 radical (unpaired) electrons. The van der Waals surface area contributed by atoms with E-state index in [1.807, 2.05) is 0 Å². The number of carbonyl (C=O) groups excluding carboxylic acids is 1. The molecule has 0 spiro atoms. The molecule has 1 unspecified atom stereocenters. The fourth-order valence-corrected chi connectivity index (χ4v) is 4.77. The fraction of sp³-hybridized carbons (Fsp3) is 0.562. The third-order valence-corrected chi connectivity index (χ3v) is 6.41. The predicted molar refractivity (Wildman–Crippen MR) is 103 cm³/mol. The Kier molecular flexibility index (Phi) is 7.28. The van der Waals surface area contributed by atoms with Crippen molar-refractivity contribution in [3.05, 3.63) is 16.8 Å². The molecule has 1 saturated heterocycles. The van der Waals surface area contributed by atoms with Gasteiger partial charge in [0, 0.05) is 16.8 Å². The average Bonchev–Trinajstić information content (AvgIpc) is 3.15. The van der Waals surface area contributed by atoms with Gasteiger partial charge in [0.15, 0.2) is 0 Å². The molecule has 5 nitrogen and oxygen atoms in total. The number of thioether (sulfide) groups is 1. The summed E-state index contributed by atoms with van der Waals surface area (Å²) < 4.78 is 0. The molecule has 0 aliphatic carbocycles. The number of aromatic nitrogens is 2. The topological polar surface area (TPSA) is 66.9 Å². The van der Waals surface area contributed by atoms with Crippen LogP contribution in [0.25, 0.3) is 10.2 Å². The molecule has 2 aromatic heterocycles. The van der Waals surface area contributed by atoms with Gasteiger partial charge in [0.25, 0.3) is 0 Å². The average molecular weight is 387 g/mol. The molecule has 132 valence electrons. The minimum atomic E-state index is 0. The Morgan fingerprint density at radius 3 is 3.04 bits per heavy atom. The van der Waals surface area contributed by atoms with E-state index in [2.05, 4.69) is 34.4 Å². The van der Waals surface area contributed by atoms with Gasteiger partial charge in [-0.3, -0.25) is 4.79 Å². The standard InChI is InChI=1S/C16H22N4OS2.ClH/c1-10-11(2)23-16-14(10)15(19-9-20-16)22-8-13(21)18-6-4-12-3-5-17-7-12;/h9,12,17H,3-8H2,1-2H3,(H,18,21);1H. The SMILES string of the molecule is Cc1sc2ncnc(SCC(=O)NCCC3CCNC3)c2c1C.Cl. The maximum atomic E-state index is 12.0. The Balaban J connectivity index is 0.00000208. The number of fused-ring (bicyclic) bond motifs is 1. The van der Waals surface area contributed by atoms with E-state index in [0.717, 1.165) is 41.3 Å². The largest absolute Gasteiger partial charge is 0.355 e. The first-order valence-corrected chi connectivity index (χ1v) is 9.76. The summed E-state index contributed by atoms with van der Waals surface area (Å²) in [6.07, 6.45) is 3.87. The quantitative estimate of drug-likeness (QED) is 0.590. The summed E-state index contributed by atoms with van der Waals surface area (Å²) in [5, 5.41) is 8.38. The minimum absolute atomic E-state index is 0. The number of nitrogens with one attached hydrogen (secondary N) is 2. The van der Waals surface area contributed by atoms with E-state index in [9.17, 15) is 4.79 Å². The zero-order valence-electron chi connectivity index (χ0n) is 13.9. The maximum absolute atomic E-state index is 12.0. The van der Waals surface area contributed by atoms with Crippen molar-refractivity contribution < 1.29 is 4.79 Å². The van der Waals surface area contributed by atoms with Crippen LogP contribution in [0.5, 0.6) is 0 Å². The maximum Gasteiger partial charge on any atom is 0.230 e. The molecule has 2 N–H and O–H groups in total. The first kappa shape index (κ1) is 19.4. The van der Waals surface area contributed by atoms with Crippen molar-refractivity contribution in [2.75, 3.05) is 25.4 Å². The van der Waals surface area contributed by atoms with E-state index < -0.39 is 0 Å². The van der Waals surface area contributed by atoms with Gasteiger partial charge in [-0.05, 0) is 51.3 Å². The van der Waals surface area contributed by atoms with Gasteiger partial charge < -0.3 is 10.6 Å². The van der Waals surface area contributed by atoms with Gasteiger partial charge in [0.05, 0.1) is 5.75 Å². The Morgan fingerprint density at radius 2 is 2.29 bits per heavy atom. The second kappa shape index (κ2) is 8.99. The molecule has 0 bridgehead atoms. The van der Waals surface area contributed by atoms with Crippen LogP contribution in [-0.2, 0) is 4.79 Å². The second-order valence-corrected chi connectivity index (χ2v) is 8.10. The molecule has 0 saturated carbocycles. The number of aryl methyl sites for hydroxylation is 2. The van der Waals surface area contributed by atoms with Crippen molar-refractivity contribution in [3.63, 3.8) is 0 Å². The second-order valence-electron chi connectivity index (χ2n) is 5.93. The number of nitrogens with zero attached hydrogens (tertiary/aromatic N) is 2. The van der Waals surface area contributed by atoms with Gasteiger partial charge >= 0.3 is 0 Å². The molecule has 2 aromatic rings. The number of hydrogen-bond donors (Lipinski definition) is 2. The highest BCUT2D eigenvalue weighted by molar-refractivity contribution is 8.00. The summed E-state index contributed by atoms with van der Waals surface area (Å²) >= 11 is 3.18. The first-order chi connectivity index (χ1) is 11.1. The van der Waals surface area contributed by atoms with Crippen LogP contribution in [0.3, 0.4) is 0 Å². The van der Waals surface area contributed by atoms with E-state index in [1.54, 1.807) is 17.7 Å². The van der Waals surface area contributed by atoms with Gasteiger partial charge in [-0.25, -0.2) is 9.97 Å². The van der Waals surface area contributed by atoms with E-state index >= 15 is 0 Å². The molecule has 3 rings (SSSR count). The van der Waals surface area contributed by atoms with Gasteiger partial charge in [-0.15, -0.1) is 23.7 Å². The van der Waals surface area contributed by atoms with Crippen LogP contribution >= 0.6 is 35.5 Å². The number of rotatable bonds is 6. The highest BCUT2D eigenvalue weighted by Gasteiger charge is 2.15. The van der Waals surface area contributed by atoms with Crippen LogP contribution in [0.2, 0.25) is 0 Å². The van der Waals surface area contributed by atoms with Gasteiger partial charge in [-0.1, -0.05) is 11.8 Å². The van der Waals surface area contributed by atoms with Crippen LogP contribution < -0.4 is 10.6 Å². The summed E-state index contributed by atoms with van der Waals surface area (Å²) in [5.41, 5.74) is 1.22. The van der Waals surface area contributed by atoms with Crippen LogP contribution in [0, 0.1) is 19.8 Å². The fourth-order valence-electron chi connectivity index (χ4n) is 2.82. The monoisotopic (exact) mass is 386 g/mol. The highest BCUT2D eigenvalue weighted by atomic mass is 35.5. The number of hydrogen-bond acceptors (Lipinski definition) is 6. The lowest BCUT2D eigenvalue weighted by atomic mass is 10.1. The molecule has 8 heteroatoms. The van der Waals surface area contributed by atoms with Crippen molar-refractivity contribution in [1.29, 1.82) is 0 Å². The molecule has 1 atom stereocenters. The normalized spacial score (nSPS) is 17.0. The van der Waals surface area contributed by atoms with Crippen LogP contribution in [-0.4, -0.2) is 41.3 Å². The van der Waals surface area contributed by atoms with Crippen LogP contribution in [0.1, 0.15) is 23.3 Å². The lowest BCUT2D eigenvalue weighted by molar-refractivity contribution is -0.118. The molecule has 1 aliphatic heterocycles. The number of carbonyl (C=O) groups is 1. The number of thiophene rings is 1. The Hall–Kier alpha value is -0.890. The van der Waals surface area contributed by atoms with E-state index in [4.69, 9.17) is 0 Å². The number of halogens is 1. The van der Waals surface area contributed by atoms with E-state index in [0.29, 0.717) is 11.7 Å². The van der Waals surface area contributed by atoms with E-state index in [1.165, 1.54) is 28.6 Å². The van der Waals surface area contributed by atoms with Crippen molar-refractivity contribution >= 4 is 51.6 Å². The smallest absolute Gasteiger partial charge is 0.230 e. The third kappa shape index (κ3) is 4.59. The molecular formula is C16H23ClN4OS2. The molecule has 3 heterocycles. The van der Waals surface area contributed by atoms with E-state index in [-0.39, 0.29) is 18.3 Å². The zero-order valence-corrected chi connectivity index (χ0v) is 16.4. The predicted octanol–water partition coefficient (Wildman–Crippen LogP) is 2.94. The van der Waals surface area contributed by atoms with Gasteiger partial charge in [-0.2, -0.15) is 0 Å². The summed E-state index contributed by atoms with van der Waals surface area (Å²) in [4.78, 5) is 23.0. The summed E-state index contributed by atoms with van der Waals surface area (Å²) in [6, 6.07) is 0. The molecule has 1 fully saturated rings. The Bertz CT molecular complexity index is 701. The zero-order chi connectivity index (χ0) is 16.2. The molecule has 1 aliphatic rings. The van der Waals surface area contributed by atoms with Crippen LogP contribution in [0.4, 0.5) is 0 Å². The van der Waals surface area contributed by atoms with Crippen molar-refractivity contribution in [2.24, 2.45) is 5.92 Å². The number of amides is 1. The van der Waals surface area contributed by atoms with Crippen molar-refractivity contribution in [1.82, 2.24) is 20.6 Å².